The average Bonchev–Trinajstić information content (AvgIpc) is 3.27. The number of carbonyl (C=O) groups excluding carboxylic acids is 1. The third-order valence-electron chi connectivity index (χ3n) is 4.86. The summed E-state index contributed by atoms with van der Waals surface area (Å²) in [5, 5.41) is 4.57. The molecule has 1 amide bonds. The van der Waals surface area contributed by atoms with Crippen LogP contribution >= 0.6 is 0 Å². The summed E-state index contributed by atoms with van der Waals surface area (Å²) in [5.74, 6) is 1.20. The van der Waals surface area contributed by atoms with E-state index in [4.69, 9.17) is 15.2 Å². The number of aromatic nitrogens is 2. The van der Waals surface area contributed by atoms with E-state index in [1.54, 1.807) is 25.3 Å². The second kappa shape index (κ2) is 8.43. The molecule has 0 aliphatic carbocycles. The number of methoxy groups -OCH3 is 1. The van der Waals surface area contributed by atoms with Crippen LogP contribution in [0.4, 0.5) is 0 Å². The molecule has 1 aromatic carbocycles. The topological polar surface area (TPSA) is 82.6 Å². The minimum atomic E-state index is 0.00496. The number of benzene rings is 1. The van der Waals surface area contributed by atoms with Crippen molar-refractivity contribution in [3.63, 3.8) is 0 Å². The van der Waals surface area contributed by atoms with Gasteiger partial charge in [0, 0.05) is 24.3 Å². The van der Waals surface area contributed by atoms with Gasteiger partial charge < -0.3 is 20.1 Å². The highest BCUT2D eigenvalue weighted by molar-refractivity contribution is 5.95. The van der Waals surface area contributed by atoms with Crippen LogP contribution in [0.15, 0.2) is 24.3 Å². The largest absolute Gasteiger partial charge is 0.493 e. The lowest BCUT2D eigenvalue weighted by molar-refractivity contribution is 0.0786. The first-order valence-corrected chi connectivity index (χ1v) is 9.36. The van der Waals surface area contributed by atoms with Gasteiger partial charge in [-0.15, -0.1) is 0 Å². The van der Waals surface area contributed by atoms with Crippen molar-refractivity contribution in [3.05, 3.63) is 41.2 Å². The Morgan fingerprint density at radius 1 is 1.30 bits per heavy atom. The van der Waals surface area contributed by atoms with E-state index in [0.29, 0.717) is 36.8 Å². The van der Waals surface area contributed by atoms with Crippen molar-refractivity contribution in [2.24, 2.45) is 5.73 Å². The maximum atomic E-state index is 13.0. The van der Waals surface area contributed by atoms with E-state index in [0.717, 1.165) is 30.8 Å². The fourth-order valence-corrected chi connectivity index (χ4v) is 3.51. The van der Waals surface area contributed by atoms with Crippen molar-refractivity contribution < 1.29 is 14.3 Å². The highest BCUT2D eigenvalue weighted by atomic mass is 16.5. The van der Waals surface area contributed by atoms with Crippen LogP contribution in [0.1, 0.15) is 40.6 Å². The molecular weight excluding hydrogens is 344 g/mol. The molecule has 2 aromatic rings. The maximum absolute atomic E-state index is 13.0. The van der Waals surface area contributed by atoms with Gasteiger partial charge in [-0.05, 0) is 57.5 Å². The molecule has 7 heteroatoms. The normalized spacial score (nSPS) is 16.6. The predicted octanol–water partition coefficient (Wildman–Crippen LogP) is 2.32. The SMILES string of the molecule is COc1ccc(C(=O)N2CCC(n3nc(C)cc3C)C2)cc1OCCCN. The number of carbonyl (C=O) groups is 1. The van der Waals surface area contributed by atoms with Crippen molar-refractivity contribution in [1.29, 1.82) is 0 Å². The van der Waals surface area contributed by atoms with Gasteiger partial charge in [0.05, 0.1) is 25.5 Å². The number of rotatable bonds is 7. The first-order valence-electron chi connectivity index (χ1n) is 9.36. The minimum absolute atomic E-state index is 0.00496. The molecule has 1 saturated heterocycles. The van der Waals surface area contributed by atoms with E-state index >= 15 is 0 Å². The first kappa shape index (κ1) is 19.2. The molecule has 1 atom stereocenters. The summed E-state index contributed by atoms with van der Waals surface area (Å²) in [6, 6.07) is 7.61. The van der Waals surface area contributed by atoms with Crippen LogP contribution in [-0.4, -0.2) is 53.9 Å². The first-order chi connectivity index (χ1) is 13.0. The molecule has 1 unspecified atom stereocenters. The zero-order valence-corrected chi connectivity index (χ0v) is 16.3. The maximum Gasteiger partial charge on any atom is 0.254 e. The van der Waals surface area contributed by atoms with Crippen LogP contribution in [0.25, 0.3) is 0 Å². The summed E-state index contributed by atoms with van der Waals surface area (Å²) >= 11 is 0. The van der Waals surface area contributed by atoms with Gasteiger partial charge in [0.25, 0.3) is 5.91 Å². The quantitative estimate of drug-likeness (QED) is 0.754. The molecule has 0 spiro atoms. The Labute approximate surface area is 160 Å². The van der Waals surface area contributed by atoms with E-state index in [2.05, 4.69) is 18.1 Å². The van der Waals surface area contributed by atoms with Crippen LogP contribution in [0.5, 0.6) is 11.5 Å². The van der Waals surface area contributed by atoms with Gasteiger partial charge in [-0.1, -0.05) is 0 Å². The number of hydrogen-bond donors (Lipinski definition) is 1. The van der Waals surface area contributed by atoms with Crippen LogP contribution in [0, 0.1) is 13.8 Å². The molecule has 3 rings (SSSR count). The standard InChI is InChI=1S/C20H28N4O3/c1-14-11-15(2)24(22-14)17-7-9-23(13-17)20(25)16-5-6-18(26-3)19(12-16)27-10-4-8-21/h5-6,11-12,17H,4,7-10,13,21H2,1-3H3. The molecular formula is C20H28N4O3. The molecule has 0 radical (unpaired) electrons. The molecule has 1 aromatic heterocycles. The third-order valence-corrected chi connectivity index (χ3v) is 4.86. The number of amides is 1. The number of hydrogen-bond acceptors (Lipinski definition) is 5. The number of ether oxygens (including phenoxy) is 2. The summed E-state index contributed by atoms with van der Waals surface area (Å²) in [6.07, 6.45) is 1.65. The second-order valence-electron chi connectivity index (χ2n) is 6.92. The Hall–Kier alpha value is -2.54. The van der Waals surface area contributed by atoms with Gasteiger partial charge in [-0.2, -0.15) is 5.10 Å². The van der Waals surface area contributed by atoms with Gasteiger partial charge in [0.2, 0.25) is 0 Å². The highest BCUT2D eigenvalue weighted by Crippen LogP contribution is 2.30. The number of nitrogens with two attached hydrogens (primary N) is 1. The summed E-state index contributed by atoms with van der Waals surface area (Å²) < 4.78 is 13.1. The Balaban J connectivity index is 1.72. The number of nitrogens with zero attached hydrogens (tertiary/aromatic N) is 3. The van der Waals surface area contributed by atoms with Crippen molar-refractivity contribution >= 4 is 5.91 Å². The molecule has 1 aliphatic heterocycles. The zero-order valence-electron chi connectivity index (χ0n) is 16.3. The van der Waals surface area contributed by atoms with Gasteiger partial charge >= 0.3 is 0 Å². The lowest BCUT2D eigenvalue weighted by atomic mass is 10.1. The Morgan fingerprint density at radius 3 is 2.78 bits per heavy atom. The van der Waals surface area contributed by atoms with Crippen molar-refractivity contribution in [2.75, 3.05) is 33.4 Å². The molecule has 1 fully saturated rings. The predicted molar refractivity (Wildman–Crippen MR) is 103 cm³/mol. The molecule has 7 nitrogen and oxygen atoms in total. The summed E-state index contributed by atoms with van der Waals surface area (Å²) in [7, 11) is 1.59. The van der Waals surface area contributed by atoms with Gasteiger partial charge in [-0.25, -0.2) is 0 Å². The lowest BCUT2D eigenvalue weighted by Gasteiger charge is -2.18. The average molecular weight is 372 g/mol. The Kier molecular flexibility index (Phi) is 6.01. The lowest BCUT2D eigenvalue weighted by Crippen LogP contribution is -2.29. The van der Waals surface area contributed by atoms with Gasteiger partial charge in [-0.3, -0.25) is 9.48 Å². The van der Waals surface area contributed by atoms with E-state index in [-0.39, 0.29) is 11.9 Å². The van der Waals surface area contributed by atoms with Crippen molar-refractivity contribution in [2.45, 2.75) is 32.7 Å². The van der Waals surface area contributed by atoms with Gasteiger partial charge in [0.15, 0.2) is 11.5 Å². The summed E-state index contributed by atoms with van der Waals surface area (Å²) in [6.45, 7) is 6.48. The molecule has 146 valence electrons. The number of likely N-dealkylation sites (tertiary alicyclic amines) is 1. The summed E-state index contributed by atoms with van der Waals surface area (Å²) in [4.78, 5) is 14.9. The molecule has 0 saturated carbocycles. The molecule has 27 heavy (non-hydrogen) atoms. The number of aryl methyl sites for hydroxylation is 2. The van der Waals surface area contributed by atoms with Crippen LogP contribution in [-0.2, 0) is 0 Å². The van der Waals surface area contributed by atoms with Crippen LogP contribution in [0.2, 0.25) is 0 Å². The van der Waals surface area contributed by atoms with Crippen LogP contribution < -0.4 is 15.2 Å². The van der Waals surface area contributed by atoms with Crippen LogP contribution in [0.3, 0.4) is 0 Å². The fourth-order valence-electron chi connectivity index (χ4n) is 3.51. The van der Waals surface area contributed by atoms with E-state index in [1.807, 2.05) is 16.5 Å². The Bertz CT molecular complexity index is 803. The third kappa shape index (κ3) is 4.24. The molecule has 2 N–H and O–H groups in total. The van der Waals surface area contributed by atoms with E-state index < -0.39 is 0 Å². The summed E-state index contributed by atoms with van der Waals surface area (Å²) in [5.41, 5.74) is 8.26. The zero-order chi connectivity index (χ0) is 19.4. The van der Waals surface area contributed by atoms with Crippen molar-refractivity contribution in [3.8, 4) is 11.5 Å². The molecule has 1 aliphatic rings. The Morgan fingerprint density at radius 2 is 2.11 bits per heavy atom. The van der Waals surface area contributed by atoms with E-state index in [1.165, 1.54) is 0 Å². The highest BCUT2D eigenvalue weighted by Gasteiger charge is 2.29. The van der Waals surface area contributed by atoms with Crippen molar-refractivity contribution in [1.82, 2.24) is 14.7 Å². The molecule has 2 heterocycles. The van der Waals surface area contributed by atoms with E-state index in [9.17, 15) is 4.79 Å². The smallest absolute Gasteiger partial charge is 0.254 e. The molecule has 0 bridgehead atoms. The van der Waals surface area contributed by atoms with Gasteiger partial charge in [0.1, 0.15) is 0 Å². The monoisotopic (exact) mass is 372 g/mol. The fraction of sp³-hybridized carbons (Fsp3) is 0.500. The minimum Gasteiger partial charge on any atom is -0.493 e. The second-order valence-corrected chi connectivity index (χ2v) is 6.92.